The number of aromatic nitrogens is 2. The van der Waals surface area contributed by atoms with Crippen molar-refractivity contribution in [2.24, 2.45) is 0 Å². The van der Waals surface area contributed by atoms with Crippen LogP contribution in [0.1, 0.15) is 11.3 Å². The molecule has 0 atom stereocenters. The third kappa shape index (κ3) is 2.29. The van der Waals surface area contributed by atoms with Gasteiger partial charge in [-0.15, -0.1) is 0 Å². The monoisotopic (exact) mass is 248 g/mol. The fourth-order valence-corrected chi connectivity index (χ4v) is 2.52. The maximum atomic E-state index is 11.7. The van der Waals surface area contributed by atoms with Crippen LogP contribution >= 0.6 is 0 Å². The van der Waals surface area contributed by atoms with Crippen LogP contribution in [0.25, 0.3) is 5.57 Å². The molecule has 1 aromatic heterocycles. The molecule has 0 unspecified atom stereocenters. The number of nitrogens with zero attached hydrogens (tertiary/aromatic N) is 1. The molecule has 0 radical (unpaired) electrons. The molecule has 5 heteroatoms. The van der Waals surface area contributed by atoms with Crippen LogP contribution < -0.4 is 0 Å². The highest BCUT2D eigenvalue weighted by Gasteiger charge is 2.16. The maximum absolute atomic E-state index is 11.7. The van der Waals surface area contributed by atoms with Crippen LogP contribution in [0.15, 0.2) is 48.0 Å². The molecular weight excluding hydrogens is 236 g/mol. The lowest BCUT2D eigenvalue weighted by atomic mass is 10.1. The highest BCUT2D eigenvalue weighted by molar-refractivity contribution is 7.90. The van der Waals surface area contributed by atoms with Crippen molar-refractivity contribution in [2.45, 2.75) is 4.90 Å². The van der Waals surface area contributed by atoms with Crippen molar-refractivity contribution in [3.05, 3.63) is 54.4 Å². The van der Waals surface area contributed by atoms with Crippen molar-refractivity contribution in [3.63, 3.8) is 0 Å². The Kier molecular flexibility index (Phi) is 2.85. The van der Waals surface area contributed by atoms with Crippen molar-refractivity contribution in [2.75, 3.05) is 6.26 Å². The van der Waals surface area contributed by atoms with Gasteiger partial charge in [0.2, 0.25) is 0 Å². The Morgan fingerprint density at radius 3 is 2.59 bits per heavy atom. The van der Waals surface area contributed by atoms with Crippen molar-refractivity contribution >= 4 is 15.4 Å². The number of aromatic amines is 1. The SMILES string of the molecule is C=C(c1cc[nH]n1)c1ccccc1S(C)(=O)=O. The van der Waals surface area contributed by atoms with Gasteiger partial charge >= 0.3 is 0 Å². The summed E-state index contributed by atoms with van der Waals surface area (Å²) in [6.45, 7) is 3.89. The van der Waals surface area contributed by atoms with E-state index in [2.05, 4.69) is 16.8 Å². The summed E-state index contributed by atoms with van der Waals surface area (Å²) in [7, 11) is -3.27. The van der Waals surface area contributed by atoms with E-state index in [1.165, 1.54) is 6.26 Å². The summed E-state index contributed by atoms with van der Waals surface area (Å²) in [5, 5.41) is 6.67. The molecule has 0 saturated heterocycles. The minimum atomic E-state index is -3.27. The molecule has 0 aliphatic heterocycles. The van der Waals surface area contributed by atoms with E-state index >= 15 is 0 Å². The summed E-state index contributed by atoms with van der Waals surface area (Å²) < 4.78 is 23.3. The molecule has 4 nitrogen and oxygen atoms in total. The van der Waals surface area contributed by atoms with Crippen LogP contribution in [-0.4, -0.2) is 24.9 Å². The van der Waals surface area contributed by atoms with Gasteiger partial charge < -0.3 is 0 Å². The Labute approximate surface area is 99.9 Å². The van der Waals surface area contributed by atoms with E-state index < -0.39 is 9.84 Å². The van der Waals surface area contributed by atoms with Crippen molar-refractivity contribution in [3.8, 4) is 0 Å². The molecule has 0 aliphatic carbocycles. The molecule has 0 aliphatic rings. The lowest BCUT2D eigenvalue weighted by Gasteiger charge is -2.08. The van der Waals surface area contributed by atoms with Crippen LogP contribution in [0.2, 0.25) is 0 Å². The molecule has 0 amide bonds. The van der Waals surface area contributed by atoms with Gasteiger partial charge in [0.1, 0.15) is 0 Å². The predicted molar refractivity (Wildman–Crippen MR) is 66.3 cm³/mol. The summed E-state index contributed by atoms with van der Waals surface area (Å²) in [6.07, 6.45) is 2.85. The van der Waals surface area contributed by atoms with E-state index in [-0.39, 0.29) is 4.90 Å². The zero-order valence-corrected chi connectivity index (χ0v) is 10.2. The van der Waals surface area contributed by atoms with Gasteiger partial charge in [-0.2, -0.15) is 5.10 Å². The molecule has 0 fully saturated rings. The van der Waals surface area contributed by atoms with Gasteiger partial charge in [0.05, 0.1) is 10.6 Å². The molecular formula is C12H12N2O2S. The highest BCUT2D eigenvalue weighted by Crippen LogP contribution is 2.26. The molecule has 2 aromatic rings. The van der Waals surface area contributed by atoms with Crippen LogP contribution in [-0.2, 0) is 9.84 Å². The molecule has 0 spiro atoms. The van der Waals surface area contributed by atoms with Gasteiger partial charge in [0.25, 0.3) is 0 Å². The maximum Gasteiger partial charge on any atom is 0.176 e. The Hall–Kier alpha value is -1.88. The fraction of sp³-hybridized carbons (Fsp3) is 0.0833. The number of nitrogens with one attached hydrogen (secondary N) is 1. The summed E-state index contributed by atoms with van der Waals surface area (Å²) in [5.74, 6) is 0. The van der Waals surface area contributed by atoms with Gasteiger partial charge in [-0.25, -0.2) is 8.42 Å². The van der Waals surface area contributed by atoms with E-state index in [9.17, 15) is 8.42 Å². The molecule has 1 N–H and O–H groups in total. The first-order valence-electron chi connectivity index (χ1n) is 4.98. The zero-order valence-electron chi connectivity index (χ0n) is 9.34. The van der Waals surface area contributed by atoms with E-state index in [1.807, 2.05) is 0 Å². The standard InChI is InChI=1S/C12H12N2O2S/c1-9(11-7-8-13-14-11)10-5-3-4-6-12(10)17(2,15)16/h3-8H,1H2,2H3,(H,13,14). The molecule has 17 heavy (non-hydrogen) atoms. The second-order valence-electron chi connectivity index (χ2n) is 3.71. The Balaban J connectivity index is 2.58. The summed E-state index contributed by atoms with van der Waals surface area (Å²) in [5.41, 5.74) is 1.82. The largest absolute Gasteiger partial charge is 0.285 e. The highest BCUT2D eigenvalue weighted by atomic mass is 32.2. The van der Waals surface area contributed by atoms with Gasteiger partial charge in [-0.05, 0) is 12.1 Å². The number of hydrogen-bond acceptors (Lipinski definition) is 3. The third-order valence-electron chi connectivity index (χ3n) is 2.42. The quantitative estimate of drug-likeness (QED) is 0.902. The zero-order chi connectivity index (χ0) is 12.5. The molecule has 1 heterocycles. The topological polar surface area (TPSA) is 62.8 Å². The number of H-pyrrole nitrogens is 1. The number of rotatable bonds is 3. The summed E-state index contributed by atoms with van der Waals surface area (Å²) in [6, 6.07) is 8.52. The summed E-state index contributed by atoms with van der Waals surface area (Å²) >= 11 is 0. The van der Waals surface area contributed by atoms with Gasteiger partial charge in [0, 0.05) is 23.6 Å². The fourth-order valence-electron chi connectivity index (χ4n) is 1.61. The second-order valence-corrected chi connectivity index (χ2v) is 5.69. The average molecular weight is 248 g/mol. The number of sulfone groups is 1. The molecule has 88 valence electrons. The smallest absolute Gasteiger partial charge is 0.176 e. The number of benzene rings is 1. The van der Waals surface area contributed by atoms with E-state index in [1.54, 1.807) is 36.5 Å². The van der Waals surface area contributed by atoms with E-state index in [4.69, 9.17) is 0 Å². The summed E-state index contributed by atoms with van der Waals surface area (Å²) in [4.78, 5) is 0.271. The van der Waals surface area contributed by atoms with E-state index in [0.29, 0.717) is 16.8 Å². The predicted octanol–water partition coefficient (Wildman–Crippen LogP) is 1.87. The van der Waals surface area contributed by atoms with Gasteiger partial charge in [-0.3, -0.25) is 5.10 Å². The Bertz CT molecular complexity index is 643. The first-order valence-corrected chi connectivity index (χ1v) is 6.88. The molecule has 1 aromatic carbocycles. The number of hydrogen-bond donors (Lipinski definition) is 1. The van der Waals surface area contributed by atoms with Crippen molar-refractivity contribution in [1.29, 1.82) is 0 Å². The van der Waals surface area contributed by atoms with Crippen molar-refractivity contribution < 1.29 is 8.42 Å². The molecule has 0 saturated carbocycles. The lowest BCUT2D eigenvalue weighted by molar-refractivity contribution is 0.601. The van der Waals surface area contributed by atoms with Gasteiger partial charge in [0.15, 0.2) is 9.84 Å². The van der Waals surface area contributed by atoms with Gasteiger partial charge in [-0.1, -0.05) is 24.8 Å². The normalized spacial score (nSPS) is 11.4. The first-order chi connectivity index (χ1) is 8.00. The lowest BCUT2D eigenvalue weighted by Crippen LogP contribution is -2.02. The van der Waals surface area contributed by atoms with Crippen LogP contribution in [0, 0.1) is 0 Å². The molecule has 0 bridgehead atoms. The van der Waals surface area contributed by atoms with Crippen LogP contribution in [0.5, 0.6) is 0 Å². The minimum absolute atomic E-state index is 0.271. The second kappa shape index (κ2) is 4.18. The van der Waals surface area contributed by atoms with E-state index in [0.717, 1.165) is 0 Å². The van der Waals surface area contributed by atoms with Crippen molar-refractivity contribution in [1.82, 2.24) is 10.2 Å². The van der Waals surface area contributed by atoms with Crippen LogP contribution in [0.4, 0.5) is 0 Å². The average Bonchev–Trinajstić information content (AvgIpc) is 2.80. The first kappa shape index (κ1) is 11.6. The Morgan fingerprint density at radius 2 is 2.00 bits per heavy atom. The minimum Gasteiger partial charge on any atom is -0.285 e. The molecule has 2 rings (SSSR count). The Morgan fingerprint density at radius 1 is 1.29 bits per heavy atom. The third-order valence-corrected chi connectivity index (χ3v) is 3.58. The van der Waals surface area contributed by atoms with Crippen LogP contribution in [0.3, 0.4) is 0 Å².